The number of hydrogen-bond acceptors (Lipinski definition) is 4. The van der Waals surface area contributed by atoms with Crippen molar-refractivity contribution in [1.29, 1.82) is 0 Å². The van der Waals surface area contributed by atoms with Crippen LogP contribution in [0.2, 0.25) is 0 Å². The van der Waals surface area contributed by atoms with Crippen LogP contribution in [0, 0.1) is 0 Å². The number of nitrogens with zero attached hydrogens (tertiary/aromatic N) is 3. The Morgan fingerprint density at radius 2 is 2.26 bits per heavy atom. The third-order valence-electron chi connectivity index (χ3n) is 4.74. The lowest BCUT2D eigenvalue weighted by Crippen LogP contribution is -2.43. The first kappa shape index (κ1) is 17.5. The summed E-state index contributed by atoms with van der Waals surface area (Å²) in [6, 6.07) is 11.6. The molecule has 2 amide bonds. The second kappa shape index (κ2) is 8.18. The number of urea groups is 1. The molecule has 3 heterocycles. The molecule has 2 N–H and O–H groups in total. The summed E-state index contributed by atoms with van der Waals surface area (Å²) in [5, 5.41) is 3.02. The van der Waals surface area contributed by atoms with Gasteiger partial charge in [-0.1, -0.05) is 12.1 Å². The van der Waals surface area contributed by atoms with Crippen LogP contribution in [0.25, 0.3) is 11.0 Å². The van der Waals surface area contributed by atoms with Crippen LogP contribution in [-0.2, 0) is 17.8 Å². The highest BCUT2D eigenvalue weighted by molar-refractivity contribution is 5.76. The molecule has 2 aromatic heterocycles. The van der Waals surface area contributed by atoms with E-state index in [-0.39, 0.29) is 12.1 Å². The van der Waals surface area contributed by atoms with Gasteiger partial charge in [0.15, 0.2) is 0 Å². The number of benzene rings is 1. The molecule has 3 aromatic rings. The molecular weight excluding hydrogens is 342 g/mol. The van der Waals surface area contributed by atoms with Crippen molar-refractivity contribution in [1.82, 2.24) is 25.2 Å². The second-order valence-electron chi connectivity index (χ2n) is 6.75. The minimum Gasteiger partial charge on any atom is -0.376 e. The lowest BCUT2D eigenvalue weighted by molar-refractivity contribution is 0.0791. The highest BCUT2D eigenvalue weighted by Gasteiger charge is 2.23. The Labute approximate surface area is 157 Å². The van der Waals surface area contributed by atoms with Gasteiger partial charge in [0.1, 0.15) is 0 Å². The molecule has 7 nitrogen and oxygen atoms in total. The van der Waals surface area contributed by atoms with E-state index < -0.39 is 0 Å². The van der Waals surface area contributed by atoms with Crippen LogP contribution in [0.1, 0.15) is 24.1 Å². The molecule has 0 saturated carbocycles. The van der Waals surface area contributed by atoms with Crippen molar-refractivity contribution in [2.24, 2.45) is 0 Å². The Hall–Kier alpha value is -2.93. The molecule has 27 heavy (non-hydrogen) atoms. The molecule has 1 aliphatic rings. The van der Waals surface area contributed by atoms with Crippen molar-refractivity contribution >= 4 is 17.1 Å². The molecule has 0 bridgehead atoms. The van der Waals surface area contributed by atoms with Crippen LogP contribution in [0.15, 0.2) is 48.9 Å². The van der Waals surface area contributed by atoms with E-state index in [0.717, 1.165) is 41.7 Å². The van der Waals surface area contributed by atoms with Gasteiger partial charge in [-0.25, -0.2) is 9.78 Å². The number of amides is 2. The molecule has 1 saturated heterocycles. The number of imidazole rings is 1. The van der Waals surface area contributed by atoms with Crippen LogP contribution in [0.5, 0.6) is 0 Å². The van der Waals surface area contributed by atoms with Gasteiger partial charge in [-0.05, 0) is 42.7 Å². The first-order valence-electron chi connectivity index (χ1n) is 9.24. The summed E-state index contributed by atoms with van der Waals surface area (Å²) in [5.74, 6) is 0. The van der Waals surface area contributed by atoms with Crippen molar-refractivity contribution < 1.29 is 9.53 Å². The number of carbonyl (C=O) groups excluding carboxylic acids is 1. The van der Waals surface area contributed by atoms with E-state index in [1.807, 2.05) is 36.4 Å². The van der Waals surface area contributed by atoms with E-state index in [0.29, 0.717) is 19.6 Å². The van der Waals surface area contributed by atoms with E-state index >= 15 is 0 Å². The van der Waals surface area contributed by atoms with Gasteiger partial charge in [-0.2, -0.15) is 0 Å². The zero-order chi connectivity index (χ0) is 18.5. The van der Waals surface area contributed by atoms with E-state index in [1.165, 1.54) is 0 Å². The number of aromatic amines is 1. The molecule has 1 aliphatic heterocycles. The fourth-order valence-corrected chi connectivity index (χ4v) is 3.32. The highest BCUT2D eigenvalue weighted by Crippen LogP contribution is 2.15. The topological polar surface area (TPSA) is 83.1 Å². The number of carbonyl (C=O) groups is 1. The predicted octanol–water partition coefficient (Wildman–Crippen LogP) is 2.85. The van der Waals surface area contributed by atoms with Gasteiger partial charge >= 0.3 is 6.03 Å². The lowest BCUT2D eigenvalue weighted by Gasteiger charge is -2.25. The number of H-pyrrole nitrogens is 1. The molecular formula is C20H23N5O2. The standard InChI is InChI=1S/C20H23N5O2/c26-20(22-11-15-6-7-18-19(10-15)24-14-23-18)25(13-17-5-3-9-27-17)12-16-4-1-2-8-21-16/h1-2,4,6-8,10,14,17H,3,5,9,11-13H2,(H,22,26)(H,23,24). The number of hydrogen-bond donors (Lipinski definition) is 2. The maximum Gasteiger partial charge on any atom is 0.318 e. The van der Waals surface area contributed by atoms with Crippen LogP contribution in [0.4, 0.5) is 4.79 Å². The smallest absolute Gasteiger partial charge is 0.318 e. The van der Waals surface area contributed by atoms with Gasteiger partial charge in [-0.3, -0.25) is 4.98 Å². The first-order chi connectivity index (χ1) is 13.3. The number of pyridine rings is 1. The number of nitrogens with one attached hydrogen (secondary N) is 2. The van der Waals surface area contributed by atoms with Crippen molar-refractivity contribution in [2.75, 3.05) is 13.2 Å². The molecule has 1 fully saturated rings. The Morgan fingerprint density at radius 1 is 1.30 bits per heavy atom. The summed E-state index contributed by atoms with van der Waals surface area (Å²) in [6.45, 7) is 2.26. The fourth-order valence-electron chi connectivity index (χ4n) is 3.32. The molecule has 0 aliphatic carbocycles. The molecule has 1 unspecified atom stereocenters. The van der Waals surface area contributed by atoms with E-state index in [2.05, 4.69) is 20.3 Å². The van der Waals surface area contributed by atoms with E-state index in [9.17, 15) is 4.79 Å². The van der Waals surface area contributed by atoms with Crippen molar-refractivity contribution in [3.63, 3.8) is 0 Å². The number of ether oxygens (including phenoxy) is 1. The molecule has 0 spiro atoms. The number of fused-ring (bicyclic) bond motifs is 1. The normalized spacial score (nSPS) is 16.5. The van der Waals surface area contributed by atoms with E-state index in [1.54, 1.807) is 17.4 Å². The lowest BCUT2D eigenvalue weighted by atomic mass is 10.2. The van der Waals surface area contributed by atoms with Crippen LogP contribution < -0.4 is 5.32 Å². The molecule has 7 heteroatoms. The summed E-state index contributed by atoms with van der Waals surface area (Å²) in [6.07, 6.45) is 5.55. The van der Waals surface area contributed by atoms with Gasteiger partial charge < -0.3 is 19.9 Å². The van der Waals surface area contributed by atoms with Gasteiger partial charge in [0.2, 0.25) is 0 Å². The summed E-state index contributed by atoms with van der Waals surface area (Å²) < 4.78 is 5.72. The second-order valence-corrected chi connectivity index (χ2v) is 6.75. The van der Waals surface area contributed by atoms with Gasteiger partial charge in [0.05, 0.1) is 35.7 Å². The summed E-state index contributed by atoms with van der Waals surface area (Å²) in [7, 11) is 0. The number of aromatic nitrogens is 3. The van der Waals surface area contributed by atoms with Crippen LogP contribution in [0.3, 0.4) is 0 Å². The predicted molar refractivity (Wildman–Crippen MR) is 102 cm³/mol. The summed E-state index contributed by atoms with van der Waals surface area (Å²) >= 11 is 0. The average Bonchev–Trinajstić information content (AvgIpc) is 3.37. The summed E-state index contributed by atoms with van der Waals surface area (Å²) in [4.78, 5) is 26.3. The Balaban J connectivity index is 1.41. The third kappa shape index (κ3) is 4.43. The highest BCUT2D eigenvalue weighted by atomic mass is 16.5. The SMILES string of the molecule is O=C(NCc1ccc2nc[nH]c2c1)N(Cc1ccccn1)CC1CCCO1. The minimum absolute atomic E-state index is 0.0980. The van der Waals surface area contributed by atoms with Crippen molar-refractivity contribution in [2.45, 2.75) is 32.0 Å². The molecule has 140 valence electrons. The summed E-state index contributed by atoms with van der Waals surface area (Å²) in [5.41, 5.74) is 3.77. The van der Waals surface area contributed by atoms with Crippen molar-refractivity contribution in [3.8, 4) is 0 Å². The molecule has 0 radical (unpaired) electrons. The zero-order valence-corrected chi connectivity index (χ0v) is 15.1. The third-order valence-corrected chi connectivity index (χ3v) is 4.74. The molecule has 4 rings (SSSR count). The van der Waals surface area contributed by atoms with Crippen LogP contribution >= 0.6 is 0 Å². The minimum atomic E-state index is -0.110. The average molecular weight is 365 g/mol. The molecule has 1 atom stereocenters. The Kier molecular flexibility index (Phi) is 5.29. The van der Waals surface area contributed by atoms with Crippen LogP contribution in [-0.4, -0.2) is 45.1 Å². The maximum atomic E-state index is 12.8. The monoisotopic (exact) mass is 365 g/mol. The maximum absolute atomic E-state index is 12.8. The fraction of sp³-hybridized carbons (Fsp3) is 0.350. The number of rotatable bonds is 6. The Morgan fingerprint density at radius 3 is 3.07 bits per heavy atom. The first-order valence-corrected chi connectivity index (χ1v) is 9.24. The Bertz CT molecular complexity index is 890. The van der Waals surface area contributed by atoms with E-state index in [4.69, 9.17) is 4.74 Å². The largest absolute Gasteiger partial charge is 0.376 e. The van der Waals surface area contributed by atoms with Gasteiger partial charge in [0.25, 0.3) is 0 Å². The van der Waals surface area contributed by atoms with Gasteiger partial charge in [-0.15, -0.1) is 0 Å². The van der Waals surface area contributed by atoms with Crippen molar-refractivity contribution in [3.05, 3.63) is 60.2 Å². The quantitative estimate of drug-likeness (QED) is 0.704. The zero-order valence-electron chi connectivity index (χ0n) is 15.1. The van der Waals surface area contributed by atoms with Gasteiger partial charge in [0, 0.05) is 25.9 Å². The molecule has 1 aromatic carbocycles.